The van der Waals surface area contributed by atoms with Gasteiger partial charge in [-0.15, -0.1) is 0 Å². The number of hydrazone groups is 1. The summed E-state index contributed by atoms with van der Waals surface area (Å²) in [6.45, 7) is 0. The zero-order chi connectivity index (χ0) is 26.4. The molecule has 0 saturated carbocycles. The van der Waals surface area contributed by atoms with Gasteiger partial charge < -0.3 is 14.8 Å². The fraction of sp³-hybridized carbons (Fsp3) is 0.0370. The summed E-state index contributed by atoms with van der Waals surface area (Å²) in [5.74, 6) is -1.80. The van der Waals surface area contributed by atoms with Crippen LogP contribution in [0.15, 0.2) is 84.0 Å². The number of carbonyl (C=O) groups is 3. The van der Waals surface area contributed by atoms with E-state index in [2.05, 4.69) is 15.8 Å². The lowest BCUT2D eigenvalue weighted by atomic mass is 10.0. The standard InChI is InChI=1S/C27H19Cl2N3O5/c1-36-18-12-9-17(10-13-18)27(35)37-23-14-11-16-5-2-3-6-19(16)20(23)15-30-32-26(34)25(33)31-22-8-4-7-21(28)24(22)29/h2-15H,1H3,(H,31,33)(H,32,34). The van der Waals surface area contributed by atoms with E-state index in [1.807, 2.05) is 24.3 Å². The van der Waals surface area contributed by atoms with Gasteiger partial charge in [0, 0.05) is 5.56 Å². The number of nitrogens with one attached hydrogen (secondary N) is 2. The number of ether oxygens (including phenoxy) is 2. The Hall–Kier alpha value is -4.40. The molecule has 0 fully saturated rings. The summed E-state index contributed by atoms with van der Waals surface area (Å²) >= 11 is 12.0. The molecule has 8 nitrogen and oxygen atoms in total. The monoisotopic (exact) mass is 535 g/mol. The predicted octanol–water partition coefficient (Wildman–Crippen LogP) is 5.46. The number of benzene rings is 4. The molecule has 0 spiro atoms. The maximum atomic E-state index is 12.7. The normalized spacial score (nSPS) is 10.8. The minimum absolute atomic E-state index is 0.105. The number of fused-ring (bicyclic) bond motifs is 1. The molecule has 2 N–H and O–H groups in total. The Morgan fingerprint density at radius 3 is 2.38 bits per heavy atom. The van der Waals surface area contributed by atoms with Gasteiger partial charge in [-0.1, -0.05) is 59.6 Å². The van der Waals surface area contributed by atoms with E-state index in [1.165, 1.54) is 19.4 Å². The van der Waals surface area contributed by atoms with Gasteiger partial charge in [0.25, 0.3) is 0 Å². The first kappa shape index (κ1) is 25.7. The molecule has 2 amide bonds. The van der Waals surface area contributed by atoms with Crippen molar-refractivity contribution in [3.05, 3.63) is 100 Å². The number of hydrogen-bond donors (Lipinski definition) is 2. The number of esters is 1. The lowest BCUT2D eigenvalue weighted by Crippen LogP contribution is -2.32. The van der Waals surface area contributed by atoms with E-state index < -0.39 is 17.8 Å². The Kier molecular flexibility index (Phi) is 8.02. The molecule has 10 heteroatoms. The van der Waals surface area contributed by atoms with E-state index in [-0.39, 0.29) is 21.5 Å². The number of methoxy groups -OCH3 is 1. The lowest BCUT2D eigenvalue weighted by molar-refractivity contribution is -0.136. The molecule has 0 heterocycles. The molecule has 0 radical (unpaired) electrons. The highest BCUT2D eigenvalue weighted by Gasteiger charge is 2.17. The second-order valence-corrected chi connectivity index (χ2v) is 8.36. The summed E-state index contributed by atoms with van der Waals surface area (Å²) in [6, 6.07) is 21.9. The Morgan fingerprint density at radius 2 is 1.62 bits per heavy atom. The predicted molar refractivity (Wildman–Crippen MR) is 143 cm³/mol. The first-order valence-electron chi connectivity index (χ1n) is 10.8. The third kappa shape index (κ3) is 6.06. The van der Waals surface area contributed by atoms with E-state index in [4.69, 9.17) is 32.7 Å². The third-order valence-corrected chi connectivity index (χ3v) is 6.04. The number of rotatable bonds is 6. The van der Waals surface area contributed by atoms with Crippen LogP contribution in [0, 0.1) is 0 Å². The van der Waals surface area contributed by atoms with Crippen LogP contribution in [0.4, 0.5) is 5.69 Å². The Bertz CT molecular complexity index is 1520. The Labute approximate surface area is 221 Å². The number of halogens is 2. The lowest BCUT2D eigenvalue weighted by Gasteiger charge is -2.11. The van der Waals surface area contributed by atoms with Crippen LogP contribution in [0.3, 0.4) is 0 Å². The molecule has 4 aromatic rings. The second-order valence-electron chi connectivity index (χ2n) is 7.57. The minimum Gasteiger partial charge on any atom is -0.497 e. The van der Waals surface area contributed by atoms with Gasteiger partial charge in [-0.25, -0.2) is 10.2 Å². The number of anilines is 1. The third-order valence-electron chi connectivity index (χ3n) is 5.22. The molecule has 0 aromatic heterocycles. The van der Waals surface area contributed by atoms with Crippen molar-refractivity contribution in [1.82, 2.24) is 5.43 Å². The molecule has 4 rings (SSSR count). The van der Waals surface area contributed by atoms with Crippen LogP contribution < -0.4 is 20.2 Å². The van der Waals surface area contributed by atoms with Crippen LogP contribution in [0.5, 0.6) is 11.5 Å². The van der Waals surface area contributed by atoms with Crippen molar-refractivity contribution in [2.24, 2.45) is 5.10 Å². The number of amides is 2. The van der Waals surface area contributed by atoms with Crippen molar-refractivity contribution >= 4 is 63.7 Å². The second kappa shape index (κ2) is 11.6. The van der Waals surface area contributed by atoms with E-state index in [0.29, 0.717) is 16.9 Å². The van der Waals surface area contributed by atoms with Crippen molar-refractivity contribution in [3.8, 4) is 11.5 Å². The Balaban J connectivity index is 1.54. The summed E-state index contributed by atoms with van der Waals surface area (Å²) in [6.07, 6.45) is 1.30. The number of carbonyl (C=O) groups excluding carboxylic acids is 3. The molecular weight excluding hydrogens is 517 g/mol. The topological polar surface area (TPSA) is 106 Å². The zero-order valence-electron chi connectivity index (χ0n) is 19.3. The SMILES string of the molecule is COc1ccc(C(=O)Oc2ccc3ccccc3c2C=NNC(=O)C(=O)Nc2cccc(Cl)c2Cl)cc1. The maximum Gasteiger partial charge on any atom is 0.343 e. The van der Waals surface area contributed by atoms with Crippen LogP contribution in [-0.2, 0) is 9.59 Å². The molecule has 0 bridgehead atoms. The van der Waals surface area contributed by atoms with Gasteiger partial charge in [0.15, 0.2) is 0 Å². The summed E-state index contributed by atoms with van der Waals surface area (Å²) in [4.78, 5) is 37.3. The highest BCUT2D eigenvalue weighted by Crippen LogP contribution is 2.30. The van der Waals surface area contributed by atoms with Crippen molar-refractivity contribution in [2.75, 3.05) is 12.4 Å². The van der Waals surface area contributed by atoms with Crippen LogP contribution in [0.1, 0.15) is 15.9 Å². The zero-order valence-corrected chi connectivity index (χ0v) is 20.8. The first-order valence-corrected chi connectivity index (χ1v) is 11.6. The number of nitrogens with zero attached hydrogens (tertiary/aromatic N) is 1. The van der Waals surface area contributed by atoms with Gasteiger partial charge in [0.05, 0.1) is 34.6 Å². The molecular formula is C27H19Cl2N3O5. The van der Waals surface area contributed by atoms with Crippen molar-refractivity contribution in [1.29, 1.82) is 0 Å². The van der Waals surface area contributed by atoms with E-state index in [0.717, 1.165) is 10.8 Å². The van der Waals surface area contributed by atoms with Crippen LogP contribution in [0.25, 0.3) is 10.8 Å². The molecule has 37 heavy (non-hydrogen) atoms. The van der Waals surface area contributed by atoms with Gasteiger partial charge in [-0.3, -0.25) is 9.59 Å². The largest absolute Gasteiger partial charge is 0.497 e. The molecule has 0 aliphatic rings. The van der Waals surface area contributed by atoms with Crippen molar-refractivity contribution in [3.63, 3.8) is 0 Å². The average Bonchev–Trinajstić information content (AvgIpc) is 2.92. The molecule has 0 unspecified atom stereocenters. The maximum absolute atomic E-state index is 12.7. The smallest absolute Gasteiger partial charge is 0.343 e. The van der Waals surface area contributed by atoms with E-state index in [9.17, 15) is 14.4 Å². The van der Waals surface area contributed by atoms with Gasteiger partial charge in [-0.05, 0) is 53.2 Å². The summed E-state index contributed by atoms with van der Waals surface area (Å²) in [5.41, 5.74) is 3.09. The summed E-state index contributed by atoms with van der Waals surface area (Å²) in [7, 11) is 1.53. The summed E-state index contributed by atoms with van der Waals surface area (Å²) in [5, 5.41) is 8.18. The van der Waals surface area contributed by atoms with E-state index in [1.54, 1.807) is 48.5 Å². The molecule has 0 saturated heterocycles. The minimum atomic E-state index is -1.04. The Morgan fingerprint density at radius 1 is 0.865 bits per heavy atom. The van der Waals surface area contributed by atoms with Crippen LogP contribution >= 0.6 is 23.2 Å². The van der Waals surface area contributed by atoms with Gasteiger partial charge in [0.2, 0.25) is 0 Å². The molecule has 0 aliphatic carbocycles. The number of hydrogen-bond acceptors (Lipinski definition) is 6. The highest BCUT2D eigenvalue weighted by atomic mass is 35.5. The van der Waals surface area contributed by atoms with Crippen LogP contribution in [-0.4, -0.2) is 31.1 Å². The van der Waals surface area contributed by atoms with Crippen LogP contribution in [0.2, 0.25) is 10.0 Å². The highest BCUT2D eigenvalue weighted by molar-refractivity contribution is 6.45. The summed E-state index contributed by atoms with van der Waals surface area (Å²) < 4.78 is 10.7. The fourth-order valence-corrected chi connectivity index (χ4v) is 3.72. The molecule has 0 aliphatic heterocycles. The van der Waals surface area contributed by atoms with Gasteiger partial charge >= 0.3 is 17.8 Å². The fourth-order valence-electron chi connectivity index (χ4n) is 3.37. The van der Waals surface area contributed by atoms with Gasteiger partial charge in [0.1, 0.15) is 11.5 Å². The molecule has 0 atom stereocenters. The van der Waals surface area contributed by atoms with Crippen molar-refractivity contribution in [2.45, 2.75) is 0 Å². The van der Waals surface area contributed by atoms with E-state index >= 15 is 0 Å². The average molecular weight is 536 g/mol. The van der Waals surface area contributed by atoms with Gasteiger partial charge in [-0.2, -0.15) is 5.10 Å². The van der Waals surface area contributed by atoms with Crippen molar-refractivity contribution < 1.29 is 23.9 Å². The molecule has 4 aromatic carbocycles. The first-order chi connectivity index (χ1) is 17.9. The quantitative estimate of drug-likeness (QED) is 0.112. The molecule has 186 valence electrons.